The number of ether oxygens (including phenoxy) is 1. The summed E-state index contributed by atoms with van der Waals surface area (Å²) in [6.07, 6.45) is 4.52. The number of carbonyl (C=O) groups is 1. The van der Waals surface area contributed by atoms with Crippen molar-refractivity contribution in [1.82, 2.24) is 0 Å². The van der Waals surface area contributed by atoms with Gasteiger partial charge in [0.2, 0.25) is 0 Å². The molecule has 0 radical (unpaired) electrons. The minimum absolute atomic E-state index is 0.101. The Labute approximate surface area is 141 Å². The van der Waals surface area contributed by atoms with E-state index >= 15 is 0 Å². The molecule has 0 aliphatic carbocycles. The third-order valence-corrected chi connectivity index (χ3v) is 3.99. The van der Waals surface area contributed by atoms with E-state index in [1.807, 2.05) is 26.8 Å². The molecule has 0 saturated heterocycles. The smallest absolute Gasteiger partial charge is 0.306 e. The molecule has 1 rings (SSSR count). The van der Waals surface area contributed by atoms with E-state index in [4.69, 9.17) is 16.3 Å². The molecule has 2 nitrogen and oxygen atoms in total. The van der Waals surface area contributed by atoms with Crippen LogP contribution in [0.25, 0.3) is 0 Å². The van der Waals surface area contributed by atoms with Crippen molar-refractivity contribution in [2.75, 3.05) is 0 Å². The van der Waals surface area contributed by atoms with Gasteiger partial charge in [-0.3, -0.25) is 4.79 Å². The highest BCUT2D eigenvalue weighted by Gasteiger charge is 2.15. The van der Waals surface area contributed by atoms with Crippen LogP contribution in [-0.4, -0.2) is 11.6 Å². The van der Waals surface area contributed by atoms with Gasteiger partial charge in [0.25, 0.3) is 0 Å². The lowest BCUT2D eigenvalue weighted by Crippen LogP contribution is -2.23. The first-order valence-corrected chi connectivity index (χ1v) is 8.87. The van der Waals surface area contributed by atoms with Gasteiger partial charge in [0.05, 0.1) is 0 Å². The standard InChI is InChI=1S/C17H24BrClO2/c1-17(2,3)21-16(20)8-6-4-5-7-13-9-10-15(19)14(11-13)12-18/h9-11H,4-8,12H2,1-3H3. The predicted octanol–water partition coefficient (Wildman–Crippen LogP) is 5.68. The zero-order valence-corrected chi connectivity index (χ0v) is 15.4. The number of benzene rings is 1. The van der Waals surface area contributed by atoms with Crippen molar-refractivity contribution >= 4 is 33.5 Å². The Morgan fingerprint density at radius 2 is 1.95 bits per heavy atom. The van der Waals surface area contributed by atoms with Crippen LogP contribution in [0.5, 0.6) is 0 Å². The Morgan fingerprint density at radius 3 is 2.57 bits per heavy atom. The van der Waals surface area contributed by atoms with Gasteiger partial charge in [-0.25, -0.2) is 0 Å². The van der Waals surface area contributed by atoms with Crippen LogP contribution in [0, 0.1) is 0 Å². The SMILES string of the molecule is CC(C)(C)OC(=O)CCCCCc1ccc(Cl)c(CBr)c1. The second-order valence-electron chi connectivity index (χ2n) is 6.21. The Morgan fingerprint density at radius 1 is 1.24 bits per heavy atom. The van der Waals surface area contributed by atoms with Gasteiger partial charge in [0.15, 0.2) is 0 Å². The van der Waals surface area contributed by atoms with E-state index in [0.29, 0.717) is 6.42 Å². The predicted molar refractivity (Wildman–Crippen MR) is 92.1 cm³/mol. The van der Waals surface area contributed by atoms with E-state index in [2.05, 4.69) is 28.1 Å². The first-order valence-electron chi connectivity index (χ1n) is 7.37. The molecule has 0 atom stereocenters. The van der Waals surface area contributed by atoms with Gasteiger partial charge in [0, 0.05) is 16.8 Å². The molecule has 0 heterocycles. The molecule has 118 valence electrons. The summed E-state index contributed by atoms with van der Waals surface area (Å²) in [7, 11) is 0. The molecule has 0 unspecified atom stereocenters. The Balaban J connectivity index is 2.24. The van der Waals surface area contributed by atoms with Crippen molar-refractivity contribution < 1.29 is 9.53 Å². The molecule has 0 amide bonds. The lowest BCUT2D eigenvalue weighted by molar-refractivity contribution is -0.154. The summed E-state index contributed by atoms with van der Waals surface area (Å²) in [5.74, 6) is -0.101. The number of unbranched alkanes of at least 4 members (excludes halogenated alkanes) is 2. The van der Waals surface area contributed by atoms with Crippen molar-refractivity contribution in [3.05, 3.63) is 34.3 Å². The van der Waals surface area contributed by atoms with E-state index in [0.717, 1.165) is 41.6 Å². The van der Waals surface area contributed by atoms with Crippen LogP contribution in [-0.2, 0) is 21.3 Å². The molecule has 0 bridgehead atoms. The summed E-state index contributed by atoms with van der Waals surface area (Å²) in [5, 5.41) is 1.58. The zero-order chi connectivity index (χ0) is 15.9. The van der Waals surface area contributed by atoms with Crippen molar-refractivity contribution in [3.63, 3.8) is 0 Å². The summed E-state index contributed by atoms with van der Waals surface area (Å²) in [4.78, 5) is 11.6. The molecular formula is C17H24BrClO2. The molecule has 0 spiro atoms. The maximum Gasteiger partial charge on any atom is 0.306 e. The second-order valence-corrected chi connectivity index (χ2v) is 7.17. The molecule has 1 aromatic rings. The van der Waals surface area contributed by atoms with Gasteiger partial charge in [-0.15, -0.1) is 0 Å². The molecular weight excluding hydrogens is 352 g/mol. The number of hydrogen-bond donors (Lipinski definition) is 0. The van der Waals surface area contributed by atoms with Crippen molar-refractivity contribution in [3.8, 4) is 0 Å². The average molecular weight is 376 g/mol. The van der Waals surface area contributed by atoms with Gasteiger partial charge in [-0.05, 0) is 57.2 Å². The van der Waals surface area contributed by atoms with Crippen LogP contribution in [0.2, 0.25) is 5.02 Å². The van der Waals surface area contributed by atoms with Crippen LogP contribution in [0.15, 0.2) is 18.2 Å². The van der Waals surface area contributed by atoms with E-state index < -0.39 is 0 Å². The van der Waals surface area contributed by atoms with E-state index in [1.165, 1.54) is 5.56 Å². The summed E-state index contributed by atoms with van der Waals surface area (Å²) in [5.41, 5.74) is 2.04. The molecule has 4 heteroatoms. The molecule has 0 fully saturated rings. The first-order chi connectivity index (χ1) is 9.81. The fourth-order valence-corrected chi connectivity index (χ4v) is 2.86. The number of alkyl halides is 1. The molecule has 0 saturated carbocycles. The lowest BCUT2D eigenvalue weighted by Gasteiger charge is -2.19. The highest BCUT2D eigenvalue weighted by molar-refractivity contribution is 9.08. The van der Waals surface area contributed by atoms with Gasteiger partial charge in [-0.1, -0.05) is 46.1 Å². The highest BCUT2D eigenvalue weighted by Crippen LogP contribution is 2.21. The molecule has 0 aliphatic rings. The number of carbonyl (C=O) groups excluding carboxylic acids is 1. The van der Waals surface area contributed by atoms with Crippen LogP contribution in [0.1, 0.15) is 57.6 Å². The monoisotopic (exact) mass is 374 g/mol. The Hall–Kier alpha value is -0.540. The number of hydrogen-bond acceptors (Lipinski definition) is 2. The highest BCUT2D eigenvalue weighted by atomic mass is 79.9. The number of rotatable bonds is 7. The Bertz CT molecular complexity index is 466. The van der Waals surface area contributed by atoms with Crippen molar-refractivity contribution in [1.29, 1.82) is 0 Å². The molecule has 21 heavy (non-hydrogen) atoms. The molecule has 0 aromatic heterocycles. The number of aryl methyl sites for hydroxylation is 1. The van der Waals surface area contributed by atoms with Crippen LogP contribution in [0.4, 0.5) is 0 Å². The molecule has 1 aromatic carbocycles. The zero-order valence-electron chi connectivity index (χ0n) is 13.0. The fraction of sp³-hybridized carbons (Fsp3) is 0.588. The molecule has 0 aliphatic heterocycles. The summed E-state index contributed by atoms with van der Waals surface area (Å²) >= 11 is 9.53. The maximum atomic E-state index is 11.6. The maximum absolute atomic E-state index is 11.6. The first kappa shape index (κ1) is 18.5. The third-order valence-electron chi connectivity index (χ3n) is 3.02. The second kappa shape index (κ2) is 8.79. The number of esters is 1. The Kier molecular flexibility index (Phi) is 7.75. The summed E-state index contributed by atoms with van der Waals surface area (Å²) < 4.78 is 5.29. The van der Waals surface area contributed by atoms with Crippen LogP contribution >= 0.6 is 27.5 Å². The number of halogens is 2. The van der Waals surface area contributed by atoms with Crippen molar-refractivity contribution in [2.45, 2.75) is 63.8 Å². The lowest BCUT2D eigenvalue weighted by atomic mass is 10.0. The van der Waals surface area contributed by atoms with E-state index in [-0.39, 0.29) is 11.6 Å². The largest absolute Gasteiger partial charge is 0.460 e. The van der Waals surface area contributed by atoms with Crippen LogP contribution in [0.3, 0.4) is 0 Å². The topological polar surface area (TPSA) is 26.3 Å². The van der Waals surface area contributed by atoms with Gasteiger partial charge >= 0.3 is 5.97 Å². The summed E-state index contributed by atoms with van der Waals surface area (Å²) in [6, 6.07) is 6.17. The van der Waals surface area contributed by atoms with Gasteiger partial charge < -0.3 is 4.74 Å². The minimum atomic E-state index is -0.382. The van der Waals surface area contributed by atoms with Crippen molar-refractivity contribution in [2.24, 2.45) is 0 Å². The van der Waals surface area contributed by atoms with Gasteiger partial charge in [-0.2, -0.15) is 0 Å². The van der Waals surface area contributed by atoms with Gasteiger partial charge in [0.1, 0.15) is 5.60 Å². The fourth-order valence-electron chi connectivity index (χ4n) is 2.05. The van der Waals surface area contributed by atoms with E-state index in [9.17, 15) is 4.79 Å². The van der Waals surface area contributed by atoms with Crippen LogP contribution < -0.4 is 0 Å². The normalized spacial score (nSPS) is 11.5. The average Bonchev–Trinajstić information content (AvgIpc) is 2.38. The summed E-state index contributed by atoms with van der Waals surface area (Å²) in [6.45, 7) is 5.69. The van der Waals surface area contributed by atoms with E-state index in [1.54, 1.807) is 0 Å². The molecule has 0 N–H and O–H groups in total. The third kappa shape index (κ3) is 7.87. The quantitative estimate of drug-likeness (QED) is 0.348. The minimum Gasteiger partial charge on any atom is -0.460 e.